The van der Waals surface area contributed by atoms with Crippen molar-refractivity contribution in [1.82, 2.24) is 0 Å². The Kier molecular flexibility index (Phi) is 4.49. The molecule has 0 saturated heterocycles. The predicted molar refractivity (Wildman–Crippen MR) is 63.2 cm³/mol. The third kappa shape index (κ3) is 4.06. The van der Waals surface area contributed by atoms with E-state index in [1.54, 1.807) is 31.2 Å². The summed E-state index contributed by atoms with van der Waals surface area (Å²) in [7, 11) is 0. The number of allylic oxidation sites excluding steroid dienone is 1. The largest absolute Gasteiger partial charge is 0.429 e. The van der Waals surface area contributed by atoms with E-state index in [9.17, 15) is 13.2 Å². The fourth-order valence-corrected chi connectivity index (χ4v) is 1.42. The van der Waals surface area contributed by atoms with E-state index in [-0.39, 0.29) is 6.42 Å². The van der Waals surface area contributed by atoms with Gasteiger partial charge in [-0.1, -0.05) is 36.4 Å². The molecule has 0 amide bonds. The van der Waals surface area contributed by atoms with Gasteiger partial charge in [0.1, 0.15) is 5.71 Å². The molecule has 0 saturated carbocycles. The van der Waals surface area contributed by atoms with E-state index in [4.69, 9.17) is 0 Å². The molecule has 1 nitrogen and oxygen atoms in total. The van der Waals surface area contributed by atoms with E-state index in [1.807, 2.05) is 6.07 Å². The summed E-state index contributed by atoms with van der Waals surface area (Å²) in [5.74, 6) is 0. The average Bonchev–Trinajstić information content (AvgIpc) is 2.28. The summed E-state index contributed by atoms with van der Waals surface area (Å²) < 4.78 is 37.8. The predicted octanol–water partition coefficient (Wildman–Crippen LogP) is 4.33. The van der Waals surface area contributed by atoms with Gasteiger partial charge >= 0.3 is 6.18 Å². The summed E-state index contributed by atoms with van der Waals surface area (Å²) in [6.07, 6.45) is -3.44. The van der Waals surface area contributed by atoms with Crippen LogP contribution >= 0.6 is 0 Å². The van der Waals surface area contributed by atoms with Crippen molar-refractivity contribution < 1.29 is 13.2 Å². The smallest absolute Gasteiger partial charge is 0.277 e. The molecule has 17 heavy (non-hydrogen) atoms. The number of rotatable bonds is 4. The summed E-state index contributed by atoms with van der Waals surface area (Å²) in [6.45, 7) is 4.96. The van der Waals surface area contributed by atoms with Crippen molar-refractivity contribution >= 4 is 5.71 Å². The lowest BCUT2D eigenvalue weighted by Crippen LogP contribution is -2.23. The first kappa shape index (κ1) is 13.5. The molecule has 0 aromatic heterocycles. The van der Waals surface area contributed by atoms with Crippen LogP contribution in [-0.4, -0.2) is 11.9 Å². The van der Waals surface area contributed by atoms with Gasteiger partial charge in [-0.05, 0) is 12.5 Å². The van der Waals surface area contributed by atoms with Crippen LogP contribution in [0.25, 0.3) is 0 Å². The van der Waals surface area contributed by atoms with Gasteiger partial charge in [-0.3, -0.25) is 4.99 Å². The highest BCUT2D eigenvalue weighted by molar-refractivity contribution is 5.91. The van der Waals surface area contributed by atoms with Crippen molar-refractivity contribution in [2.24, 2.45) is 4.99 Å². The Morgan fingerprint density at radius 1 is 1.35 bits per heavy atom. The van der Waals surface area contributed by atoms with E-state index < -0.39 is 17.9 Å². The number of benzene rings is 1. The summed E-state index contributed by atoms with van der Waals surface area (Å²) in [6, 6.07) is 8.39. The Balaban J connectivity index is 2.95. The summed E-state index contributed by atoms with van der Waals surface area (Å²) in [5.41, 5.74) is -0.0258. The van der Waals surface area contributed by atoms with Crippen molar-refractivity contribution in [1.29, 1.82) is 0 Å². The Hall–Kier alpha value is -1.58. The molecule has 0 radical (unpaired) electrons. The minimum atomic E-state index is -4.39. The number of alkyl halides is 3. The summed E-state index contributed by atoms with van der Waals surface area (Å²) >= 11 is 0. The molecule has 1 aromatic carbocycles. The molecule has 1 atom stereocenters. The van der Waals surface area contributed by atoms with Crippen molar-refractivity contribution in [3.05, 3.63) is 48.6 Å². The number of hydrogen-bond acceptors (Lipinski definition) is 1. The normalized spacial score (nSPS) is 14.5. The first-order valence-electron chi connectivity index (χ1n) is 5.25. The van der Waals surface area contributed by atoms with Gasteiger partial charge in [0.25, 0.3) is 0 Å². The van der Waals surface area contributed by atoms with Crippen LogP contribution < -0.4 is 0 Å². The second-order valence-electron chi connectivity index (χ2n) is 3.65. The molecule has 0 bridgehead atoms. The van der Waals surface area contributed by atoms with Crippen LogP contribution in [0.4, 0.5) is 13.2 Å². The summed E-state index contributed by atoms with van der Waals surface area (Å²) in [4.78, 5) is 3.73. The second kappa shape index (κ2) is 5.66. The van der Waals surface area contributed by atoms with Crippen molar-refractivity contribution in [3.63, 3.8) is 0 Å². The minimum absolute atomic E-state index is 0.263. The van der Waals surface area contributed by atoms with Gasteiger partial charge in [-0.15, -0.1) is 6.58 Å². The van der Waals surface area contributed by atoms with Gasteiger partial charge in [0.2, 0.25) is 0 Å². The third-order valence-electron chi connectivity index (χ3n) is 2.30. The SMILES string of the molecule is C=CCC(=N[C@@H](C)c1ccccc1)C(F)(F)F. The molecule has 0 aliphatic carbocycles. The molecule has 1 rings (SSSR count). The van der Waals surface area contributed by atoms with E-state index in [1.165, 1.54) is 6.08 Å². The quantitative estimate of drug-likeness (QED) is 0.549. The monoisotopic (exact) mass is 241 g/mol. The lowest BCUT2D eigenvalue weighted by molar-refractivity contribution is -0.0603. The van der Waals surface area contributed by atoms with Gasteiger partial charge in [0, 0.05) is 6.42 Å². The first-order valence-corrected chi connectivity index (χ1v) is 5.25. The number of aliphatic imine (C=N–C) groups is 1. The van der Waals surface area contributed by atoms with Crippen molar-refractivity contribution in [3.8, 4) is 0 Å². The maximum absolute atomic E-state index is 12.6. The lowest BCUT2D eigenvalue weighted by atomic mass is 10.1. The fraction of sp³-hybridized carbons (Fsp3) is 0.308. The van der Waals surface area contributed by atoms with Crippen LogP contribution in [0.3, 0.4) is 0 Å². The van der Waals surface area contributed by atoms with Crippen LogP contribution in [0.15, 0.2) is 48.0 Å². The van der Waals surface area contributed by atoms with Crippen LogP contribution in [0.1, 0.15) is 24.9 Å². The molecule has 0 spiro atoms. The van der Waals surface area contributed by atoms with E-state index in [0.717, 1.165) is 5.56 Å². The second-order valence-corrected chi connectivity index (χ2v) is 3.65. The zero-order valence-corrected chi connectivity index (χ0v) is 9.54. The Bertz CT molecular complexity index is 393. The highest BCUT2D eigenvalue weighted by Crippen LogP contribution is 2.24. The van der Waals surface area contributed by atoms with Gasteiger partial charge in [0.05, 0.1) is 6.04 Å². The Morgan fingerprint density at radius 2 is 1.94 bits per heavy atom. The molecule has 0 aliphatic rings. The maximum Gasteiger partial charge on any atom is 0.429 e. The molecule has 1 aromatic rings. The maximum atomic E-state index is 12.6. The molecule has 0 N–H and O–H groups in total. The fourth-order valence-electron chi connectivity index (χ4n) is 1.42. The molecule has 0 fully saturated rings. The molecular formula is C13H14F3N. The lowest BCUT2D eigenvalue weighted by Gasteiger charge is -2.13. The standard InChI is InChI=1S/C13H14F3N/c1-3-7-12(13(14,15)16)17-10(2)11-8-5-4-6-9-11/h3-6,8-10H,1,7H2,2H3/t10-/m0/s1. The zero-order chi connectivity index (χ0) is 12.9. The van der Waals surface area contributed by atoms with Crippen LogP contribution in [0, 0.1) is 0 Å². The highest BCUT2D eigenvalue weighted by Gasteiger charge is 2.34. The van der Waals surface area contributed by atoms with Gasteiger partial charge in [-0.25, -0.2) is 0 Å². The molecule has 0 heterocycles. The molecule has 0 aliphatic heterocycles. The van der Waals surface area contributed by atoms with E-state index >= 15 is 0 Å². The Labute approximate surface area is 98.7 Å². The topological polar surface area (TPSA) is 12.4 Å². The molecule has 4 heteroatoms. The minimum Gasteiger partial charge on any atom is -0.277 e. The summed E-state index contributed by atoms with van der Waals surface area (Å²) in [5, 5.41) is 0. The van der Waals surface area contributed by atoms with Crippen molar-refractivity contribution in [2.75, 3.05) is 0 Å². The molecule has 92 valence electrons. The van der Waals surface area contributed by atoms with Gasteiger partial charge in [-0.2, -0.15) is 13.2 Å². The molecule has 0 unspecified atom stereocenters. The average molecular weight is 241 g/mol. The first-order chi connectivity index (χ1) is 7.95. The third-order valence-corrected chi connectivity index (χ3v) is 2.30. The van der Waals surface area contributed by atoms with Crippen LogP contribution in [-0.2, 0) is 0 Å². The van der Waals surface area contributed by atoms with Crippen molar-refractivity contribution in [2.45, 2.75) is 25.6 Å². The number of hydrogen-bond donors (Lipinski definition) is 0. The Morgan fingerprint density at radius 3 is 2.41 bits per heavy atom. The van der Waals surface area contributed by atoms with Gasteiger partial charge < -0.3 is 0 Å². The number of nitrogens with zero attached hydrogens (tertiary/aromatic N) is 1. The zero-order valence-electron chi connectivity index (χ0n) is 9.54. The van der Waals surface area contributed by atoms with Gasteiger partial charge in [0.15, 0.2) is 0 Å². The number of halogens is 3. The van der Waals surface area contributed by atoms with Crippen LogP contribution in [0.2, 0.25) is 0 Å². The van der Waals surface area contributed by atoms with Crippen LogP contribution in [0.5, 0.6) is 0 Å². The highest BCUT2D eigenvalue weighted by atomic mass is 19.4. The van der Waals surface area contributed by atoms with E-state index in [2.05, 4.69) is 11.6 Å². The molecular weight excluding hydrogens is 227 g/mol. The van der Waals surface area contributed by atoms with E-state index in [0.29, 0.717) is 0 Å².